The Hall–Kier alpha value is 0.0500. The average Bonchev–Trinajstić information content (AvgIpc) is 2.37. The standard InChI is InChI=1S/C13H23Cl2NO/c14-8-10-16(11-9-15)13(17)7-6-12-4-2-1-3-5-12/h12H,1-11H2. The van der Waals surface area contributed by atoms with Gasteiger partial charge in [-0.3, -0.25) is 4.79 Å². The molecule has 0 aliphatic heterocycles. The molecule has 0 spiro atoms. The van der Waals surface area contributed by atoms with Crippen LogP contribution in [-0.2, 0) is 4.79 Å². The second-order valence-corrected chi connectivity index (χ2v) is 5.56. The maximum Gasteiger partial charge on any atom is 0.222 e. The molecule has 0 saturated heterocycles. The van der Waals surface area contributed by atoms with Gasteiger partial charge in [-0.05, 0) is 12.3 Å². The van der Waals surface area contributed by atoms with Crippen LogP contribution in [-0.4, -0.2) is 35.7 Å². The third-order valence-electron chi connectivity index (χ3n) is 3.55. The summed E-state index contributed by atoms with van der Waals surface area (Å²) in [4.78, 5) is 13.8. The first-order valence-corrected chi connectivity index (χ1v) is 7.74. The maximum atomic E-state index is 12.0. The molecule has 1 amide bonds. The molecule has 0 N–H and O–H groups in total. The highest BCUT2D eigenvalue weighted by Gasteiger charge is 2.17. The highest BCUT2D eigenvalue weighted by Crippen LogP contribution is 2.27. The van der Waals surface area contributed by atoms with Crippen molar-refractivity contribution in [1.82, 2.24) is 4.90 Å². The molecular formula is C13H23Cl2NO. The number of carbonyl (C=O) groups excluding carboxylic acids is 1. The molecule has 0 aromatic rings. The number of alkyl halides is 2. The zero-order chi connectivity index (χ0) is 12.5. The number of amides is 1. The number of rotatable bonds is 7. The van der Waals surface area contributed by atoms with E-state index in [0.717, 1.165) is 12.3 Å². The SMILES string of the molecule is O=C(CCC1CCCCC1)N(CCCl)CCCl. The lowest BCUT2D eigenvalue weighted by Gasteiger charge is -2.24. The van der Waals surface area contributed by atoms with Crippen molar-refractivity contribution in [1.29, 1.82) is 0 Å². The van der Waals surface area contributed by atoms with Gasteiger partial charge in [0.25, 0.3) is 0 Å². The fraction of sp³-hybridized carbons (Fsp3) is 0.923. The molecule has 1 rings (SSSR count). The molecule has 4 heteroatoms. The molecule has 1 aliphatic carbocycles. The molecule has 0 unspecified atom stereocenters. The lowest BCUT2D eigenvalue weighted by Crippen LogP contribution is -2.34. The second-order valence-electron chi connectivity index (χ2n) is 4.80. The molecule has 17 heavy (non-hydrogen) atoms. The summed E-state index contributed by atoms with van der Waals surface area (Å²) in [7, 11) is 0. The molecule has 0 aromatic heterocycles. The zero-order valence-corrected chi connectivity index (χ0v) is 12.0. The Morgan fingerprint density at radius 2 is 1.65 bits per heavy atom. The smallest absolute Gasteiger partial charge is 0.222 e. The van der Waals surface area contributed by atoms with Crippen LogP contribution in [0, 0.1) is 5.92 Å². The van der Waals surface area contributed by atoms with Gasteiger partial charge in [0.1, 0.15) is 0 Å². The topological polar surface area (TPSA) is 20.3 Å². The lowest BCUT2D eigenvalue weighted by atomic mass is 9.86. The zero-order valence-electron chi connectivity index (χ0n) is 10.5. The molecule has 0 aromatic carbocycles. The number of nitrogens with zero attached hydrogens (tertiary/aromatic N) is 1. The largest absolute Gasteiger partial charge is 0.340 e. The quantitative estimate of drug-likeness (QED) is 0.652. The summed E-state index contributed by atoms with van der Waals surface area (Å²) in [5.41, 5.74) is 0. The van der Waals surface area contributed by atoms with Crippen molar-refractivity contribution < 1.29 is 4.79 Å². The van der Waals surface area contributed by atoms with E-state index in [2.05, 4.69) is 0 Å². The van der Waals surface area contributed by atoms with Crippen molar-refractivity contribution in [2.75, 3.05) is 24.8 Å². The molecule has 0 atom stereocenters. The van der Waals surface area contributed by atoms with Crippen molar-refractivity contribution in [3.8, 4) is 0 Å². The van der Waals surface area contributed by atoms with Crippen molar-refractivity contribution in [3.63, 3.8) is 0 Å². The summed E-state index contributed by atoms with van der Waals surface area (Å²) in [6.45, 7) is 1.25. The molecule has 2 nitrogen and oxygen atoms in total. The normalized spacial score (nSPS) is 17.1. The number of hydrogen-bond acceptors (Lipinski definition) is 1. The minimum atomic E-state index is 0.219. The lowest BCUT2D eigenvalue weighted by molar-refractivity contribution is -0.131. The van der Waals surface area contributed by atoms with Crippen LogP contribution in [0.4, 0.5) is 0 Å². The van der Waals surface area contributed by atoms with E-state index in [1.807, 2.05) is 0 Å². The third kappa shape index (κ3) is 5.96. The van der Waals surface area contributed by atoms with E-state index in [0.29, 0.717) is 31.3 Å². The van der Waals surface area contributed by atoms with E-state index in [9.17, 15) is 4.79 Å². The van der Waals surface area contributed by atoms with E-state index in [-0.39, 0.29) is 5.91 Å². The Balaban J connectivity index is 2.25. The molecule has 1 fully saturated rings. The summed E-state index contributed by atoms with van der Waals surface area (Å²) in [5, 5.41) is 0. The van der Waals surface area contributed by atoms with Gasteiger partial charge in [-0.1, -0.05) is 32.1 Å². The van der Waals surface area contributed by atoms with Gasteiger partial charge in [0.15, 0.2) is 0 Å². The predicted molar refractivity (Wildman–Crippen MR) is 73.8 cm³/mol. The van der Waals surface area contributed by atoms with Gasteiger partial charge in [-0.15, -0.1) is 23.2 Å². The van der Waals surface area contributed by atoms with Crippen LogP contribution in [0.3, 0.4) is 0 Å². The Morgan fingerprint density at radius 3 is 2.18 bits per heavy atom. The first-order chi connectivity index (χ1) is 8.27. The Labute approximate surface area is 115 Å². The van der Waals surface area contributed by atoms with E-state index < -0.39 is 0 Å². The number of carbonyl (C=O) groups is 1. The molecule has 1 aliphatic rings. The first kappa shape index (κ1) is 15.1. The highest BCUT2D eigenvalue weighted by atomic mass is 35.5. The van der Waals surface area contributed by atoms with E-state index in [4.69, 9.17) is 23.2 Å². The van der Waals surface area contributed by atoms with Crippen molar-refractivity contribution in [2.45, 2.75) is 44.9 Å². The maximum absolute atomic E-state index is 12.0. The Morgan fingerprint density at radius 1 is 1.06 bits per heavy atom. The predicted octanol–water partition coefficient (Wildman–Crippen LogP) is 3.65. The molecule has 100 valence electrons. The highest BCUT2D eigenvalue weighted by molar-refractivity contribution is 6.18. The van der Waals surface area contributed by atoms with Crippen molar-refractivity contribution >= 4 is 29.1 Å². The Bertz CT molecular complexity index is 211. The van der Waals surface area contributed by atoms with Gasteiger partial charge in [-0.2, -0.15) is 0 Å². The fourth-order valence-corrected chi connectivity index (χ4v) is 2.93. The summed E-state index contributed by atoms with van der Waals surface area (Å²) in [6, 6.07) is 0. The minimum absolute atomic E-state index is 0.219. The molecular weight excluding hydrogens is 257 g/mol. The van der Waals surface area contributed by atoms with Gasteiger partial charge in [-0.25, -0.2) is 0 Å². The van der Waals surface area contributed by atoms with Crippen LogP contribution in [0.2, 0.25) is 0 Å². The van der Waals surface area contributed by atoms with Crippen LogP contribution in [0.5, 0.6) is 0 Å². The van der Waals surface area contributed by atoms with Gasteiger partial charge in [0, 0.05) is 31.3 Å². The monoisotopic (exact) mass is 279 g/mol. The molecule has 0 heterocycles. The average molecular weight is 280 g/mol. The first-order valence-electron chi connectivity index (χ1n) is 6.67. The van der Waals surface area contributed by atoms with Gasteiger partial charge < -0.3 is 4.90 Å². The van der Waals surface area contributed by atoms with Crippen LogP contribution >= 0.6 is 23.2 Å². The van der Waals surface area contributed by atoms with Crippen LogP contribution in [0.25, 0.3) is 0 Å². The van der Waals surface area contributed by atoms with Gasteiger partial charge >= 0.3 is 0 Å². The summed E-state index contributed by atoms with van der Waals surface area (Å²) in [5.74, 6) is 1.97. The van der Waals surface area contributed by atoms with Crippen molar-refractivity contribution in [2.24, 2.45) is 5.92 Å². The van der Waals surface area contributed by atoms with Crippen LogP contribution in [0.1, 0.15) is 44.9 Å². The fourth-order valence-electron chi connectivity index (χ4n) is 2.53. The van der Waals surface area contributed by atoms with E-state index in [1.54, 1.807) is 4.90 Å². The number of hydrogen-bond donors (Lipinski definition) is 0. The second kappa shape index (κ2) is 9.04. The molecule has 0 bridgehead atoms. The minimum Gasteiger partial charge on any atom is -0.340 e. The van der Waals surface area contributed by atoms with Crippen LogP contribution in [0.15, 0.2) is 0 Å². The van der Waals surface area contributed by atoms with Gasteiger partial charge in [0.05, 0.1) is 0 Å². The van der Waals surface area contributed by atoms with E-state index in [1.165, 1.54) is 32.1 Å². The van der Waals surface area contributed by atoms with Crippen LogP contribution < -0.4 is 0 Å². The molecule has 1 saturated carbocycles. The summed E-state index contributed by atoms with van der Waals surface area (Å²) in [6.07, 6.45) is 8.36. The number of halogens is 2. The van der Waals surface area contributed by atoms with Crippen molar-refractivity contribution in [3.05, 3.63) is 0 Å². The summed E-state index contributed by atoms with van der Waals surface area (Å²) < 4.78 is 0. The molecule has 0 radical (unpaired) electrons. The van der Waals surface area contributed by atoms with E-state index >= 15 is 0 Å². The van der Waals surface area contributed by atoms with Gasteiger partial charge in [0.2, 0.25) is 5.91 Å². The Kier molecular flexibility index (Phi) is 8.04. The third-order valence-corrected chi connectivity index (χ3v) is 3.89. The summed E-state index contributed by atoms with van der Waals surface area (Å²) >= 11 is 11.4.